The lowest BCUT2D eigenvalue weighted by molar-refractivity contribution is -0.138. The number of aliphatic hydroxyl groups is 1. The predicted molar refractivity (Wildman–Crippen MR) is 72.9 cm³/mol. The van der Waals surface area contributed by atoms with E-state index >= 15 is 0 Å². The molecule has 1 aliphatic carbocycles. The number of ether oxygens (including phenoxy) is 1. The minimum atomic E-state index is -0.489. The van der Waals surface area contributed by atoms with Crippen LogP contribution in [-0.4, -0.2) is 41.7 Å². The smallest absolute Gasteiger partial charge is 0.263 e. The Morgan fingerprint density at radius 3 is 2.63 bits per heavy atom. The first kappa shape index (κ1) is 13.9. The second kappa shape index (κ2) is 6.06. The molecule has 0 aliphatic heterocycles. The van der Waals surface area contributed by atoms with Crippen LogP contribution in [0.5, 0.6) is 5.75 Å². The van der Waals surface area contributed by atoms with Crippen molar-refractivity contribution in [1.82, 2.24) is 4.90 Å². The van der Waals surface area contributed by atoms with Gasteiger partial charge in [-0.1, -0.05) is 18.2 Å². The zero-order valence-corrected chi connectivity index (χ0v) is 11.5. The molecule has 0 heterocycles. The maximum Gasteiger partial charge on any atom is 0.263 e. The van der Waals surface area contributed by atoms with Crippen molar-refractivity contribution < 1.29 is 14.6 Å². The van der Waals surface area contributed by atoms with Gasteiger partial charge in [-0.15, -0.1) is 0 Å². The van der Waals surface area contributed by atoms with Crippen molar-refractivity contribution in [2.75, 3.05) is 13.6 Å². The van der Waals surface area contributed by atoms with Crippen molar-refractivity contribution in [3.05, 3.63) is 30.3 Å². The van der Waals surface area contributed by atoms with Crippen LogP contribution in [-0.2, 0) is 4.79 Å². The van der Waals surface area contributed by atoms with Gasteiger partial charge in [-0.25, -0.2) is 0 Å². The molecule has 1 N–H and O–H groups in total. The Balaban J connectivity index is 1.81. The van der Waals surface area contributed by atoms with E-state index in [9.17, 15) is 9.90 Å². The van der Waals surface area contributed by atoms with Crippen LogP contribution < -0.4 is 4.74 Å². The lowest BCUT2D eigenvalue weighted by Gasteiger charge is -2.35. The molecule has 2 rings (SSSR count). The Morgan fingerprint density at radius 2 is 2.05 bits per heavy atom. The molecule has 0 aromatic heterocycles. The molecule has 1 atom stereocenters. The van der Waals surface area contributed by atoms with Gasteiger partial charge in [0.2, 0.25) is 0 Å². The third kappa shape index (κ3) is 3.70. The van der Waals surface area contributed by atoms with E-state index in [1.54, 1.807) is 18.9 Å². The highest BCUT2D eigenvalue weighted by Crippen LogP contribution is 2.27. The van der Waals surface area contributed by atoms with Crippen LogP contribution in [0.25, 0.3) is 0 Å². The van der Waals surface area contributed by atoms with Gasteiger partial charge in [0.05, 0.1) is 6.10 Å². The third-order valence-electron chi connectivity index (χ3n) is 3.52. The maximum atomic E-state index is 12.1. The van der Waals surface area contributed by atoms with E-state index in [0.717, 1.165) is 12.8 Å². The summed E-state index contributed by atoms with van der Waals surface area (Å²) in [5.41, 5.74) is 0. The van der Waals surface area contributed by atoms with E-state index in [4.69, 9.17) is 4.74 Å². The van der Waals surface area contributed by atoms with Gasteiger partial charge in [0.15, 0.2) is 6.10 Å². The summed E-state index contributed by atoms with van der Waals surface area (Å²) in [6.45, 7) is 2.46. The van der Waals surface area contributed by atoms with Gasteiger partial charge in [0, 0.05) is 13.6 Å². The normalized spacial score (nSPS) is 23.3. The largest absolute Gasteiger partial charge is 0.481 e. The van der Waals surface area contributed by atoms with Crippen molar-refractivity contribution in [3.8, 4) is 5.75 Å². The van der Waals surface area contributed by atoms with Gasteiger partial charge >= 0.3 is 0 Å². The van der Waals surface area contributed by atoms with Crippen LogP contribution in [0.4, 0.5) is 0 Å². The van der Waals surface area contributed by atoms with Crippen molar-refractivity contribution >= 4 is 5.91 Å². The zero-order valence-electron chi connectivity index (χ0n) is 11.5. The number of carbonyl (C=O) groups excluding carboxylic acids is 1. The summed E-state index contributed by atoms with van der Waals surface area (Å²) >= 11 is 0. The Kier molecular flexibility index (Phi) is 4.43. The van der Waals surface area contributed by atoms with Gasteiger partial charge in [-0.05, 0) is 37.8 Å². The molecule has 1 aliphatic rings. The highest BCUT2D eigenvalue weighted by atomic mass is 16.5. The van der Waals surface area contributed by atoms with Crippen molar-refractivity contribution in [1.29, 1.82) is 0 Å². The third-order valence-corrected chi connectivity index (χ3v) is 3.52. The summed E-state index contributed by atoms with van der Waals surface area (Å²) in [4.78, 5) is 13.8. The van der Waals surface area contributed by atoms with E-state index in [2.05, 4.69) is 0 Å². The van der Waals surface area contributed by atoms with E-state index in [0.29, 0.717) is 18.2 Å². The average molecular weight is 263 g/mol. The number of hydrogen-bond donors (Lipinski definition) is 1. The number of likely N-dealkylation sites (N-methyl/N-ethyl adjacent to an activating group) is 1. The fraction of sp³-hybridized carbons (Fsp3) is 0.533. The molecule has 0 bridgehead atoms. The van der Waals surface area contributed by atoms with Crippen LogP contribution in [0.2, 0.25) is 0 Å². The second-order valence-corrected chi connectivity index (χ2v) is 5.28. The Hall–Kier alpha value is -1.55. The molecule has 4 heteroatoms. The van der Waals surface area contributed by atoms with Crippen LogP contribution in [0.3, 0.4) is 0 Å². The molecule has 1 aromatic rings. The minimum Gasteiger partial charge on any atom is -0.481 e. The highest BCUT2D eigenvalue weighted by Gasteiger charge is 2.30. The molecular weight excluding hydrogens is 242 g/mol. The molecule has 1 saturated carbocycles. The maximum absolute atomic E-state index is 12.1. The molecule has 0 radical (unpaired) electrons. The Bertz CT molecular complexity index is 415. The fourth-order valence-electron chi connectivity index (χ4n) is 2.39. The second-order valence-electron chi connectivity index (χ2n) is 5.28. The van der Waals surface area contributed by atoms with Gasteiger partial charge in [0.1, 0.15) is 5.75 Å². The zero-order chi connectivity index (χ0) is 13.8. The van der Waals surface area contributed by atoms with Crippen LogP contribution in [0, 0.1) is 5.92 Å². The SMILES string of the molecule is CC(Oc1ccccc1)C(=O)N(C)CC1CC(O)C1. The molecule has 104 valence electrons. The van der Waals surface area contributed by atoms with E-state index < -0.39 is 6.10 Å². The van der Waals surface area contributed by atoms with Crippen molar-refractivity contribution in [3.63, 3.8) is 0 Å². The topological polar surface area (TPSA) is 49.8 Å². The molecule has 1 amide bonds. The summed E-state index contributed by atoms with van der Waals surface area (Å²) in [6, 6.07) is 9.35. The van der Waals surface area contributed by atoms with Crippen LogP contribution >= 0.6 is 0 Å². The molecular formula is C15H21NO3. The van der Waals surface area contributed by atoms with Crippen LogP contribution in [0.1, 0.15) is 19.8 Å². The van der Waals surface area contributed by atoms with E-state index in [1.165, 1.54) is 0 Å². The molecule has 4 nitrogen and oxygen atoms in total. The molecule has 19 heavy (non-hydrogen) atoms. The highest BCUT2D eigenvalue weighted by molar-refractivity contribution is 5.80. The summed E-state index contributed by atoms with van der Waals surface area (Å²) in [7, 11) is 1.79. The van der Waals surface area contributed by atoms with Crippen LogP contribution in [0.15, 0.2) is 30.3 Å². The number of rotatable bonds is 5. The number of aliphatic hydroxyl groups excluding tert-OH is 1. The lowest BCUT2D eigenvalue weighted by Crippen LogP contribution is -2.44. The minimum absolute atomic E-state index is 0.0229. The fourth-order valence-corrected chi connectivity index (χ4v) is 2.39. The summed E-state index contributed by atoms with van der Waals surface area (Å²) in [5.74, 6) is 1.11. The van der Waals surface area contributed by atoms with E-state index in [1.807, 2.05) is 30.3 Å². The summed E-state index contributed by atoms with van der Waals surface area (Å²) < 4.78 is 5.61. The standard InChI is InChI=1S/C15H21NO3/c1-11(19-14-6-4-3-5-7-14)15(18)16(2)10-12-8-13(17)9-12/h3-7,11-13,17H,8-10H2,1-2H3. The van der Waals surface area contributed by atoms with E-state index in [-0.39, 0.29) is 12.0 Å². The van der Waals surface area contributed by atoms with Crippen molar-refractivity contribution in [2.24, 2.45) is 5.92 Å². The first-order chi connectivity index (χ1) is 9.06. The average Bonchev–Trinajstić information content (AvgIpc) is 2.37. The Morgan fingerprint density at radius 1 is 1.42 bits per heavy atom. The first-order valence-electron chi connectivity index (χ1n) is 6.71. The number of carbonyl (C=O) groups is 1. The molecule has 0 spiro atoms. The molecule has 1 fully saturated rings. The molecule has 1 aromatic carbocycles. The number of hydrogen-bond acceptors (Lipinski definition) is 3. The number of benzene rings is 1. The number of nitrogens with zero attached hydrogens (tertiary/aromatic N) is 1. The van der Waals surface area contributed by atoms with Gasteiger partial charge in [-0.3, -0.25) is 4.79 Å². The summed E-state index contributed by atoms with van der Waals surface area (Å²) in [6.07, 6.45) is 0.931. The predicted octanol–water partition coefficient (Wildman–Crippen LogP) is 1.68. The lowest BCUT2D eigenvalue weighted by atomic mass is 9.82. The number of amides is 1. The first-order valence-corrected chi connectivity index (χ1v) is 6.71. The Labute approximate surface area is 114 Å². The molecule has 1 unspecified atom stereocenters. The number of para-hydroxylation sites is 1. The van der Waals surface area contributed by atoms with Gasteiger partial charge in [0.25, 0.3) is 5.91 Å². The van der Waals surface area contributed by atoms with Gasteiger partial charge in [-0.2, -0.15) is 0 Å². The van der Waals surface area contributed by atoms with Crippen molar-refractivity contribution in [2.45, 2.75) is 32.0 Å². The molecule has 0 saturated heterocycles. The summed E-state index contributed by atoms with van der Waals surface area (Å²) in [5, 5.41) is 9.25. The quantitative estimate of drug-likeness (QED) is 0.879. The monoisotopic (exact) mass is 263 g/mol. The van der Waals surface area contributed by atoms with Gasteiger partial charge < -0.3 is 14.7 Å².